The van der Waals surface area contributed by atoms with Gasteiger partial charge in [0.05, 0.1) is 6.61 Å². The van der Waals surface area contributed by atoms with Gasteiger partial charge >= 0.3 is 5.51 Å². The summed E-state index contributed by atoms with van der Waals surface area (Å²) in [5, 5.41) is 7.42. The van der Waals surface area contributed by atoms with Crippen molar-refractivity contribution in [2.24, 2.45) is 0 Å². The van der Waals surface area contributed by atoms with Crippen LogP contribution in [0.15, 0.2) is 0 Å². The molecule has 0 aromatic carbocycles. The van der Waals surface area contributed by atoms with Crippen LogP contribution in [0.2, 0.25) is 0 Å². The Morgan fingerprint density at radius 1 is 1.56 bits per heavy atom. The second kappa shape index (κ2) is 3.31. The Kier molecular flexibility index (Phi) is 3.35. The zero-order chi connectivity index (χ0) is 7.49. The molecule has 0 aliphatic heterocycles. The topological polar surface area (TPSA) is 20.2 Å². The molecule has 0 amide bonds. The van der Waals surface area contributed by atoms with E-state index in [1.165, 1.54) is 6.92 Å². The third-order valence-electron chi connectivity index (χ3n) is 0.592. The maximum Gasteiger partial charge on any atom is 0.442 e. The van der Waals surface area contributed by atoms with Crippen LogP contribution in [0.4, 0.5) is 13.2 Å². The van der Waals surface area contributed by atoms with Crippen molar-refractivity contribution in [3.05, 3.63) is 0 Å². The van der Waals surface area contributed by atoms with Gasteiger partial charge in [0, 0.05) is 5.25 Å². The third-order valence-corrected chi connectivity index (χ3v) is 1.41. The Morgan fingerprint density at radius 2 is 2.00 bits per heavy atom. The minimum absolute atomic E-state index is 0.193. The van der Waals surface area contributed by atoms with Gasteiger partial charge in [-0.1, -0.05) is 6.92 Å². The summed E-state index contributed by atoms with van der Waals surface area (Å²) in [6, 6.07) is 0. The fraction of sp³-hybridized carbons (Fsp3) is 1.00. The van der Waals surface area contributed by atoms with Gasteiger partial charge < -0.3 is 5.11 Å². The van der Waals surface area contributed by atoms with Gasteiger partial charge in [-0.3, -0.25) is 0 Å². The van der Waals surface area contributed by atoms with Crippen molar-refractivity contribution in [2.75, 3.05) is 6.61 Å². The van der Waals surface area contributed by atoms with E-state index < -0.39 is 17.4 Å². The second-order valence-electron chi connectivity index (χ2n) is 1.56. The molecule has 0 fully saturated rings. The zero-order valence-electron chi connectivity index (χ0n) is 4.77. The van der Waals surface area contributed by atoms with E-state index in [0.717, 1.165) is 0 Å². The van der Waals surface area contributed by atoms with Gasteiger partial charge in [-0.05, 0) is 11.8 Å². The van der Waals surface area contributed by atoms with Crippen molar-refractivity contribution >= 4 is 11.8 Å². The highest BCUT2D eigenvalue weighted by Crippen LogP contribution is 2.33. The molecule has 0 aliphatic rings. The van der Waals surface area contributed by atoms with Crippen LogP contribution in [0.25, 0.3) is 0 Å². The van der Waals surface area contributed by atoms with Crippen LogP contribution in [-0.2, 0) is 0 Å². The summed E-state index contributed by atoms with van der Waals surface area (Å²) in [5.74, 6) is 0. The molecule has 1 unspecified atom stereocenters. The van der Waals surface area contributed by atoms with Crippen molar-refractivity contribution in [3.8, 4) is 0 Å². The van der Waals surface area contributed by atoms with Crippen molar-refractivity contribution in [2.45, 2.75) is 17.7 Å². The lowest BCUT2D eigenvalue weighted by Crippen LogP contribution is -2.11. The van der Waals surface area contributed by atoms with Crippen molar-refractivity contribution in [1.82, 2.24) is 0 Å². The van der Waals surface area contributed by atoms with Crippen molar-refractivity contribution in [3.63, 3.8) is 0 Å². The van der Waals surface area contributed by atoms with E-state index >= 15 is 0 Å². The Labute approximate surface area is 55.2 Å². The van der Waals surface area contributed by atoms with Gasteiger partial charge in [-0.25, -0.2) is 0 Å². The normalized spacial score (nSPS) is 15.7. The molecule has 0 spiro atoms. The van der Waals surface area contributed by atoms with E-state index in [0.29, 0.717) is 0 Å². The van der Waals surface area contributed by atoms with E-state index in [-0.39, 0.29) is 11.8 Å². The van der Waals surface area contributed by atoms with Gasteiger partial charge in [0.1, 0.15) is 0 Å². The number of hydrogen-bond acceptors (Lipinski definition) is 2. The maximum atomic E-state index is 11.3. The lowest BCUT2D eigenvalue weighted by Gasteiger charge is -2.09. The molecule has 0 saturated carbocycles. The molecule has 1 nitrogen and oxygen atoms in total. The van der Waals surface area contributed by atoms with Gasteiger partial charge in [0.2, 0.25) is 0 Å². The minimum atomic E-state index is -4.22. The summed E-state index contributed by atoms with van der Waals surface area (Å²) < 4.78 is 34.0. The highest BCUT2D eigenvalue weighted by Gasteiger charge is 2.30. The van der Waals surface area contributed by atoms with E-state index in [4.69, 9.17) is 5.11 Å². The molecule has 0 rings (SSSR count). The average Bonchev–Trinajstić information content (AvgIpc) is 1.62. The largest absolute Gasteiger partial charge is 0.442 e. The van der Waals surface area contributed by atoms with Crippen LogP contribution in [0.5, 0.6) is 0 Å². The molecule has 9 heavy (non-hydrogen) atoms. The molecule has 1 N–H and O–H groups in total. The summed E-state index contributed by atoms with van der Waals surface area (Å²) in [6.45, 7) is 0.877. The summed E-state index contributed by atoms with van der Waals surface area (Å²) in [7, 11) is 0. The molecule has 0 aliphatic carbocycles. The molecule has 0 saturated heterocycles. The maximum absolute atomic E-state index is 11.3. The number of aliphatic hydroxyl groups excluding tert-OH is 1. The third kappa shape index (κ3) is 5.98. The van der Waals surface area contributed by atoms with Gasteiger partial charge in [0.15, 0.2) is 0 Å². The molecule has 1 atom stereocenters. The first-order valence-corrected chi connectivity index (χ1v) is 3.19. The quantitative estimate of drug-likeness (QED) is 0.662. The van der Waals surface area contributed by atoms with Gasteiger partial charge in [0.25, 0.3) is 0 Å². The smallest absolute Gasteiger partial charge is 0.395 e. The predicted molar refractivity (Wildman–Crippen MR) is 30.2 cm³/mol. The van der Waals surface area contributed by atoms with E-state index in [2.05, 4.69) is 0 Å². The number of hydrogen-bond donors (Lipinski definition) is 1. The Balaban J connectivity index is 3.47. The number of thioether (sulfide) groups is 1. The average molecular weight is 160 g/mol. The number of halogens is 3. The van der Waals surface area contributed by atoms with Crippen LogP contribution < -0.4 is 0 Å². The monoisotopic (exact) mass is 160 g/mol. The van der Waals surface area contributed by atoms with E-state index in [9.17, 15) is 13.2 Å². The highest BCUT2D eigenvalue weighted by molar-refractivity contribution is 8.00. The molecular weight excluding hydrogens is 153 g/mol. The van der Waals surface area contributed by atoms with Crippen molar-refractivity contribution < 1.29 is 18.3 Å². The highest BCUT2D eigenvalue weighted by atomic mass is 32.2. The summed E-state index contributed by atoms with van der Waals surface area (Å²) in [6.07, 6.45) is 0. The number of aliphatic hydroxyl groups is 1. The van der Waals surface area contributed by atoms with Crippen LogP contribution in [0.3, 0.4) is 0 Å². The number of rotatable bonds is 2. The van der Waals surface area contributed by atoms with Crippen LogP contribution in [0, 0.1) is 0 Å². The van der Waals surface area contributed by atoms with E-state index in [1.807, 2.05) is 0 Å². The van der Waals surface area contributed by atoms with Gasteiger partial charge in [-0.15, -0.1) is 0 Å². The van der Waals surface area contributed by atoms with Gasteiger partial charge in [-0.2, -0.15) is 13.2 Å². The lowest BCUT2D eigenvalue weighted by atomic mass is 10.5. The minimum Gasteiger partial charge on any atom is -0.395 e. The molecule has 0 aromatic rings. The Morgan fingerprint density at radius 3 is 2.11 bits per heavy atom. The first kappa shape index (κ1) is 9.10. The summed E-state index contributed by atoms with van der Waals surface area (Å²) >= 11 is -0.193. The Hall–Kier alpha value is 0.100. The van der Waals surface area contributed by atoms with Crippen LogP contribution in [-0.4, -0.2) is 22.5 Å². The summed E-state index contributed by atoms with van der Waals surface area (Å²) in [5.41, 5.74) is -4.22. The molecule has 0 radical (unpaired) electrons. The predicted octanol–water partition coefficient (Wildman–Crippen LogP) is 1.62. The second-order valence-corrected chi connectivity index (χ2v) is 3.06. The molecule has 56 valence electrons. The Bertz CT molecular complexity index is 82.4. The molecule has 5 heteroatoms. The molecular formula is C4H7F3OS. The first-order chi connectivity index (χ1) is 3.95. The molecule has 0 bridgehead atoms. The fourth-order valence-corrected chi connectivity index (χ4v) is 0.796. The van der Waals surface area contributed by atoms with Crippen LogP contribution >= 0.6 is 11.8 Å². The summed E-state index contributed by atoms with van der Waals surface area (Å²) in [4.78, 5) is 0. The van der Waals surface area contributed by atoms with Crippen LogP contribution in [0.1, 0.15) is 6.92 Å². The van der Waals surface area contributed by atoms with E-state index in [1.54, 1.807) is 0 Å². The number of alkyl halides is 3. The lowest BCUT2D eigenvalue weighted by molar-refractivity contribution is -0.0336. The molecule has 0 aromatic heterocycles. The fourth-order valence-electron chi connectivity index (χ4n) is 0.265. The SMILES string of the molecule is CC(CO)SC(F)(F)F. The standard InChI is InChI=1S/C4H7F3OS/c1-3(2-8)9-4(5,6)7/h3,8H,2H2,1H3. The van der Waals surface area contributed by atoms with Crippen molar-refractivity contribution in [1.29, 1.82) is 0 Å². The zero-order valence-corrected chi connectivity index (χ0v) is 5.59. The first-order valence-electron chi connectivity index (χ1n) is 2.31. The molecule has 0 heterocycles.